The normalized spacial score (nSPS) is 10.2. The van der Waals surface area contributed by atoms with E-state index in [4.69, 9.17) is 5.73 Å². The first kappa shape index (κ1) is 6.36. The second-order valence-corrected chi connectivity index (χ2v) is 3.03. The molecule has 2 aromatic rings. The maximum Gasteiger partial charge on any atom is 0.182 e. The van der Waals surface area contributed by atoms with E-state index in [1.54, 1.807) is 17.1 Å². The smallest absolute Gasteiger partial charge is 0.182 e. The molecule has 56 valence electrons. The van der Waals surface area contributed by atoms with Gasteiger partial charge in [-0.05, 0) is 6.07 Å². The Labute approximate surface area is 67.3 Å². The van der Waals surface area contributed by atoms with E-state index in [0.717, 1.165) is 5.00 Å². The van der Waals surface area contributed by atoms with Gasteiger partial charge in [0.25, 0.3) is 0 Å². The van der Waals surface area contributed by atoms with E-state index in [1.165, 1.54) is 11.3 Å². The molecule has 0 atom stereocenters. The molecular weight excluding hydrogens is 160 g/mol. The minimum absolute atomic E-state index is 0.565. The van der Waals surface area contributed by atoms with Gasteiger partial charge in [0.15, 0.2) is 5.13 Å². The molecule has 0 aliphatic heterocycles. The van der Waals surface area contributed by atoms with Gasteiger partial charge < -0.3 is 5.73 Å². The van der Waals surface area contributed by atoms with Gasteiger partial charge >= 0.3 is 0 Å². The topological polar surface area (TPSA) is 56.7 Å². The number of nitrogens with two attached hydrogens (primary N) is 1. The van der Waals surface area contributed by atoms with E-state index in [2.05, 4.69) is 10.1 Å². The minimum atomic E-state index is 0.565. The third-order valence-electron chi connectivity index (χ3n) is 1.24. The van der Waals surface area contributed by atoms with Crippen molar-refractivity contribution in [3.05, 3.63) is 24.7 Å². The van der Waals surface area contributed by atoms with Crippen LogP contribution in [0.2, 0.25) is 0 Å². The molecule has 4 nitrogen and oxygen atoms in total. The fourth-order valence-electron chi connectivity index (χ4n) is 0.784. The van der Waals surface area contributed by atoms with Crippen LogP contribution in [0.4, 0.5) is 5.13 Å². The summed E-state index contributed by atoms with van der Waals surface area (Å²) in [6.45, 7) is 0. The molecule has 0 spiro atoms. The van der Waals surface area contributed by atoms with Gasteiger partial charge in [-0.2, -0.15) is 5.10 Å². The van der Waals surface area contributed by atoms with Gasteiger partial charge in [0, 0.05) is 12.4 Å². The number of hydrogen-bond donors (Lipinski definition) is 1. The lowest BCUT2D eigenvalue weighted by Gasteiger charge is -1.90. The summed E-state index contributed by atoms with van der Waals surface area (Å²) in [4.78, 5) is 3.91. The molecule has 0 unspecified atom stereocenters. The van der Waals surface area contributed by atoms with Gasteiger partial charge in [-0.3, -0.25) is 0 Å². The van der Waals surface area contributed by atoms with Gasteiger partial charge in [0.05, 0.1) is 6.20 Å². The standard InChI is InChI=1S/C6H6N4S/c7-6-8-4-5(11-6)10-3-1-2-9-10/h1-4H,(H2,7,8). The number of nitrogen functional groups attached to an aromatic ring is 1. The van der Waals surface area contributed by atoms with E-state index >= 15 is 0 Å². The average Bonchev–Trinajstić information content (AvgIpc) is 2.55. The van der Waals surface area contributed by atoms with Crippen molar-refractivity contribution in [3.8, 4) is 5.00 Å². The molecule has 0 aromatic carbocycles. The molecule has 0 bridgehead atoms. The zero-order chi connectivity index (χ0) is 7.68. The number of nitrogens with zero attached hydrogens (tertiary/aromatic N) is 3. The Hall–Kier alpha value is -1.36. The van der Waals surface area contributed by atoms with Crippen molar-refractivity contribution >= 4 is 16.5 Å². The first-order chi connectivity index (χ1) is 5.36. The number of rotatable bonds is 1. The molecule has 0 aliphatic rings. The third kappa shape index (κ3) is 1.10. The van der Waals surface area contributed by atoms with Crippen molar-refractivity contribution in [3.63, 3.8) is 0 Å². The van der Waals surface area contributed by atoms with Crippen LogP contribution in [-0.4, -0.2) is 14.8 Å². The lowest BCUT2D eigenvalue weighted by atomic mass is 10.7. The van der Waals surface area contributed by atoms with Crippen molar-refractivity contribution in [2.45, 2.75) is 0 Å². The van der Waals surface area contributed by atoms with Crippen molar-refractivity contribution in [1.29, 1.82) is 0 Å². The lowest BCUT2D eigenvalue weighted by molar-refractivity contribution is 0.894. The Morgan fingerprint density at radius 1 is 1.55 bits per heavy atom. The highest BCUT2D eigenvalue weighted by atomic mass is 32.1. The molecule has 0 radical (unpaired) electrons. The molecular formula is C6H6N4S. The molecule has 0 fully saturated rings. The summed E-state index contributed by atoms with van der Waals surface area (Å²) >= 11 is 1.41. The van der Waals surface area contributed by atoms with Crippen LogP contribution in [0.3, 0.4) is 0 Å². The molecule has 2 heterocycles. The minimum Gasteiger partial charge on any atom is -0.375 e. The molecule has 5 heteroatoms. The molecule has 0 amide bonds. The molecule has 11 heavy (non-hydrogen) atoms. The highest BCUT2D eigenvalue weighted by Gasteiger charge is 1.98. The second-order valence-electron chi connectivity index (χ2n) is 1.99. The van der Waals surface area contributed by atoms with E-state index in [0.29, 0.717) is 5.13 Å². The van der Waals surface area contributed by atoms with Crippen LogP contribution >= 0.6 is 11.3 Å². The lowest BCUT2D eigenvalue weighted by Crippen LogP contribution is -1.88. The Morgan fingerprint density at radius 2 is 2.45 bits per heavy atom. The highest BCUT2D eigenvalue weighted by molar-refractivity contribution is 7.17. The largest absolute Gasteiger partial charge is 0.375 e. The summed E-state index contributed by atoms with van der Waals surface area (Å²) in [6, 6.07) is 1.86. The summed E-state index contributed by atoms with van der Waals surface area (Å²) in [5.74, 6) is 0. The SMILES string of the molecule is Nc1ncc(-n2cccn2)s1. The number of anilines is 1. The molecule has 2 rings (SSSR count). The first-order valence-corrected chi connectivity index (χ1v) is 3.89. The van der Waals surface area contributed by atoms with Gasteiger partial charge in [-0.25, -0.2) is 9.67 Å². The Kier molecular flexibility index (Phi) is 1.36. The molecule has 0 saturated heterocycles. The molecule has 2 N–H and O–H groups in total. The summed E-state index contributed by atoms with van der Waals surface area (Å²) in [5, 5.41) is 5.53. The van der Waals surface area contributed by atoms with Gasteiger partial charge in [-0.1, -0.05) is 11.3 Å². The second kappa shape index (κ2) is 2.35. The van der Waals surface area contributed by atoms with E-state index in [9.17, 15) is 0 Å². The van der Waals surface area contributed by atoms with Crippen LogP contribution in [0.5, 0.6) is 0 Å². The Bertz CT molecular complexity index is 337. The van der Waals surface area contributed by atoms with Crippen LogP contribution in [0.15, 0.2) is 24.7 Å². The number of thiazole rings is 1. The van der Waals surface area contributed by atoms with Crippen molar-refractivity contribution < 1.29 is 0 Å². The van der Waals surface area contributed by atoms with Crippen LogP contribution in [-0.2, 0) is 0 Å². The van der Waals surface area contributed by atoms with Crippen LogP contribution < -0.4 is 5.73 Å². The fourth-order valence-corrected chi connectivity index (χ4v) is 1.41. The summed E-state index contributed by atoms with van der Waals surface area (Å²) in [7, 11) is 0. The van der Waals surface area contributed by atoms with Crippen LogP contribution in [0.25, 0.3) is 5.00 Å². The first-order valence-electron chi connectivity index (χ1n) is 3.07. The zero-order valence-corrected chi connectivity index (χ0v) is 6.45. The average molecular weight is 166 g/mol. The maximum absolute atomic E-state index is 5.45. The maximum atomic E-state index is 5.45. The molecule has 2 aromatic heterocycles. The van der Waals surface area contributed by atoms with Gasteiger partial charge in [0.1, 0.15) is 5.00 Å². The van der Waals surface area contributed by atoms with E-state index in [-0.39, 0.29) is 0 Å². The fraction of sp³-hybridized carbons (Fsp3) is 0. The van der Waals surface area contributed by atoms with E-state index < -0.39 is 0 Å². The summed E-state index contributed by atoms with van der Waals surface area (Å²) < 4.78 is 1.73. The van der Waals surface area contributed by atoms with Crippen molar-refractivity contribution in [2.75, 3.05) is 5.73 Å². The predicted octanol–water partition coefficient (Wildman–Crippen LogP) is 0.911. The van der Waals surface area contributed by atoms with Crippen LogP contribution in [0, 0.1) is 0 Å². The zero-order valence-electron chi connectivity index (χ0n) is 5.64. The summed E-state index contributed by atoms with van der Waals surface area (Å²) in [6.07, 6.45) is 5.27. The highest BCUT2D eigenvalue weighted by Crippen LogP contribution is 2.17. The predicted molar refractivity (Wildman–Crippen MR) is 43.6 cm³/mol. The summed E-state index contributed by atoms with van der Waals surface area (Å²) in [5.41, 5.74) is 5.45. The monoisotopic (exact) mass is 166 g/mol. The Morgan fingerprint density at radius 3 is 3.00 bits per heavy atom. The Balaban J connectivity index is 2.45. The molecule has 0 saturated carbocycles. The number of hydrogen-bond acceptors (Lipinski definition) is 4. The quantitative estimate of drug-likeness (QED) is 0.685. The van der Waals surface area contributed by atoms with Gasteiger partial charge in [-0.15, -0.1) is 0 Å². The number of aromatic nitrogens is 3. The van der Waals surface area contributed by atoms with E-state index in [1.807, 2.05) is 12.3 Å². The third-order valence-corrected chi connectivity index (χ3v) is 2.06. The van der Waals surface area contributed by atoms with Crippen molar-refractivity contribution in [2.24, 2.45) is 0 Å². The van der Waals surface area contributed by atoms with Gasteiger partial charge in [0.2, 0.25) is 0 Å². The van der Waals surface area contributed by atoms with Crippen LogP contribution in [0.1, 0.15) is 0 Å². The molecule has 0 aliphatic carbocycles. The van der Waals surface area contributed by atoms with Crippen molar-refractivity contribution in [1.82, 2.24) is 14.8 Å².